The van der Waals surface area contributed by atoms with Crippen molar-refractivity contribution in [2.75, 3.05) is 7.11 Å². The normalized spacial score (nSPS) is 19.9. The van der Waals surface area contributed by atoms with E-state index >= 15 is 0 Å². The monoisotopic (exact) mass is 417 g/mol. The second-order valence-electron chi connectivity index (χ2n) is 6.53. The number of hydrogen-bond acceptors (Lipinski definition) is 4. The molecular formula is C17H14BF6N3O2. The molecule has 29 heavy (non-hydrogen) atoms. The molecule has 0 aliphatic carbocycles. The Morgan fingerprint density at radius 2 is 1.90 bits per heavy atom. The van der Waals surface area contributed by atoms with E-state index in [1.54, 1.807) is 6.92 Å². The Balaban J connectivity index is 2.06. The van der Waals surface area contributed by atoms with E-state index in [1.807, 2.05) is 0 Å². The molecule has 0 saturated carbocycles. The summed E-state index contributed by atoms with van der Waals surface area (Å²) in [6.07, 6.45) is -10.9. The number of halogens is 6. The first-order valence-electron chi connectivity index (χ1n) is 8.22. The SMILES string of the molecule is [B]c1ccc(C2=NOC(c3cc(C(F)(F)F)n(COC)n3)(C(F)(F)F)C2)cc1C. The van der Waals surface area contributed by atoms with Crippen LogP contribution < -0.4 is 5.46 Å². The van der Waals surface area contributed by atoms with Gasteiger partial charge in [0.2, 0.25) is 0 Å². The number of benzene rings is 1. The summed E-state index contributed by atoms with van der Waals surface area (Å²) in [4.78, 5) is 4.74. The largest absolute Gasteiger partial charge is 0.437 e. The van der Waals surface area contributed by atoms with Gasteiger partial charge in [-0.3, -0.25) is 0 Å². The maximum atomic E-state index is 14.0. The third-order valence-electron chi connectivity index (χ3n) is 4.52. The summed E-state index contributed by atoms with van der Waals surface area (Å²) in [7, 11) is 6.80. The van der Waals surface area contributed by atoms with Crippen LogP contribution in [0, 0.1) is 6.92 Å². The average Bonchev–Trinajstić information content (AvgIpc) is 3.22. The second-order valence-corrected chi connectivity index (χ2v) is 6.53. The first-order valence-corrected chi connectivity index (χ1v) is 8.22. The van der Waals surface area contributed by atoms with Crippen molar-refractivity contribution in [3.63, 3.8) is 0 Å². The molecule has 1 aliphatic rings. The molecule has 2 radical (unpaired) electrons. The summed E-state index contributed by atoms with van der Waals surface area (Å²) in [5.41, 5.74) is -4.23. The highest BCUT2D eigenvalue weighted by Gasteiger charge is 2.64. The summed E-state index contributed by atoms with van der Waals surface area (Å²) in [5, 5.41) is 6.99. The van der Waals surface area contributed by atoms with E-state index < -0.39 is 42.5 Å². The summed E-state index contributed by atoms with van der Waals surface area (Å²) in [5.74, 6) is 0. The Kier molecular flexibility index (Phi) is 5.18. The topological polar surface area (TPSA) is 48.6 Å². The van der Waals surface area contributed by atoms with Crippen molar-refractivity contribution in [3.05, 3.63) is 46.8 Å². The van der Waals surface area contributed by atoms with E-state index in [-0.39, 0.29) is 5.71 Å². The van der Waals surface area contributed by atoms with Gasteiger partial charge in [-0.05, 0) is 18.6 Å². The predicted molar refractivity (Wildman–Crippen MR) is 90.8 cm³/mol. The van der Waals surface area contributed by atoms with Gasteiger partial charge in [0.1, 0.15) is 26.0 Å². The zero-order chi connectivity index (χ0) is 21.6. The molecule has 154 valence electrons. The van der Waals surface area contributed by atoms with Gasteiger partial charge >= 0.3 is 12.4 Å². The molecule has 0 saturated heterocycles. The second kappa shape index (κ2) is 7.08. The van der Waals surface area contributed by atoms with Crippen LogP contribution in [0.15, 0.2) is 29.4 Å². The highest BCUT2D eigenvalue weighted by atomic mass is 19.4. The van der Waals surface area contributed by atoms with Crippen LogP contribution in [0.2, 0.25) is 0 Å². The molecule has 1 aliphatic heterocycles. The molecule has 0 fully saturated rings. The standard InChI is InChI=1S/C17H14BF6N3O2/c1-9-5-10(3-4-11(9)18)12-7-15(29-26-12,17(22,23)24)13-6-14(16(19,20)21)27(25-13)8-28-2/h3-6H,7-8H2,1-2H3. The Hall–Kier alpha value is -2.50. The summed E-state index contributed by atoms with van der Waals surface area (Å²) in [6.45, 7) is 0.974. The number of hydrogen-bond donors (Lipinski definition) is 0. The van der Waals surface area contributed by atoms with Crippen molar-refractivity contribution < 1.29 is 35.9 Å². The Morgan fingerprint density at radius 1 is 1.21 bits per heavy atom. The van der Waals surface area contributed by atoms with E-state index in [2.05, 4.69) is 15.0 Å². The third-order valence-corrected chi connectivity index (χ3v) is 4.52. The number of aryl methyl sites for hydroxylation is 1. The average molecular weight is 417 g/mol. The minimum Gasteiger partial charge on any atom is -0.372 e. The molecule has 1 aromatic heterocycles. The number of nitrogens with zero attached hydrogens (tertiary/aromatic N) is 3. The molecule has 0 N–H and O–H groups in total. The molecule has 1 aromatic carbocycles. The maximum Gasteiger partial charge on any atom is 0.437 e. The van der Waals surface area contributed by atoms with Crippen LogP contribution in [0.5, 0.6) is 0 Å². The Morgan fingerprint density at radius 3 is 2.45 bits per heavy atom. The van der Waals surface area contributed by atoms with Crippen LogP contribution in [0.3, 0.4) is 0 Å². The smallest absolute Gasteiger partial charge is 0.372 e. The minimum absolute atomic E-state index is 0.0831. The molecular weight excluding hydrogens is 403 g/mol. The maximum absolute atomic E-state index is 14.0. The number of ether oxygens (including phenoxy) is 1. The third kappa shape index (κ3) is 3.72. The molecule has 12 heteroatoms. The van der Waals surface area contributed by atoms with Crippen molar-refractivity contribution in [1.82, 2.24) is 9.78 Å². The van der Waals surface area contributed by atoms with Crippen LogP contribution in [-0.2, 0) is 28.1 Å². The number of oxime groups is 1. The lowest BCUT2D eigenvalue weighted by atomic mass is 9.86. The number of aromatic nitrogens is 2. The van der Waals surface area contributed by atoms with Gasteiger partial charge in [0.05, 0.1) is 12.1 Å². The zero-order valence-electron chi connectivity index (χ0n) is 15.2. The van der Waals surface area contributed by atoms with Crippen molar-refractivity contribution in [2.45, 2.75) is 38.0 Å². The highest BCUT2D eigenvalue weighted by molar-refractivity contribution is 6.33. The highest BCUT2D eigenvalue weighted by Crippen LogP contribution is 2.49. The van der Waals surface area contributed by atoms with Crippen molar-refractivity contribution in [1.29, 1.82) is 0 Å². The summed E-state index contributed by atoms with van der Waals surface area (Å²) >= 11 is 0. The Labute approximate surface area is 162 Å². The molecule has 0 bridgehead atoms. The molecule has 3 rings (SSSR count). The van der Waals surface area contributed by atoms with Gasteiger partial charge in [0.15, 0.2) is 0 Å². The molecule has 5 nitrogen and oxygen atoms in total. The fourth-order valence-corrected chi connectivity index (χ4v) is 2.94. The number of rotatable bonds is 4. The van der Waals surface area contributed by atoms with E-state index in [9.17, 15) is 26.3 Å². The molecule has 0 spiro atoms. The van der Waals surface area contributed by atoms with E-state index in [0.717, 1.165) is 7.11 Å². The van der Waals surface area contributed by atoms with Gasteiger partial charge in [0, 0.05) is 7.11 Å². The van der Waals surface area contributed by atoms with Crippen LogP contribution in [-0.4, -0.2) is 36.6 Å². The lowest BCUT2D eigenvalue weighted by molar-refractivity contribution is -0.277. The first kappa shape index (κ1) is 21.2. The van der Waals surface area contributed by atoms with Gasteiger partial charge in [-0.15, -0.1) is 0 Å². The summed E-state index contributed by atoms with van der Waals surface area (Å²) in [6, 6.07) is 4.78. The molecule has 1 unspecified atom stereocenters. The predicted octanol–water partition coefficient (Wildman–Crippen LogP) is 3.19. The molecule has 2 aromatic rings. The van der Waals surface area contributed by atoms with Crippen LogP contribution in [0.1, 0.15) is 28.9 Å². The fraction of sp³-hybridized carbons (Fsp3) is 0.412. The molecule has 2 heterocycles. The van der Waals surface area contributed by atoms with Crippen LogP contribution >= 0.6 is 0 Å². The first-order chi connectivity index (χ1) is 13.4. The Bertz CT molecular complexity index is 954. The van der Waals surface area contributed by atoms with Gasteiger partial charge in [-0.2, -0.15) is 31.4 Å². The minimum atomic E-state index is -5.09. The van der Waals surface area contributed by atoms with E-state index in [1.165, 1.54) is 18.2 Å². The lowest BCUT2D eigenvalue weighted by Gasteiger charge is -2.27. The molecule has 1 atom stereocenters. The van der Waals surface area contributed by atoms with E-state index in [0.29, 0.717) is 27.3 Å². The molecule has 0 amide bonds. The summed E-state index contributed by atoms with van der Waals surface area (Å²) < 4.78 is 86.6. The van der Waals surface area contributed by atoms with Crippen molar-refractivity contribution >= 4 is 19.0 Å². The van der Waals surface area contributed by atoms with E-state index in [4.69, 9.17) is 12.7 Å². The zero-order valence-corrected chi connectivity index (χ0v) is 15.2. The lowest BCUT2D eigenvalue weighted by Crippen LogP contribution is -2.43. The van der Waals surface area contributed by atoms with Crippen LogP contribution in [0.25, 0.3) is 0 Å². The van der Waals surface area contributed by atoms with Crippen LogP contribution in [0.4, 0.5) is 26.3 Å². The number of methoxy groups -OCH3 is 1. The van der Waals surface area contributed by atoms with Gasteiger partial charge < -0.3 is 9.57 Å². The number of alkyl halides is 6. The fourth-order valence-electron chi connectivity index (χ4n) is 2.94. The van der Waals surface area contributed by atoms with Gasteiger partial charge in [-0.25, -0.2) is 4.68 Å². The van der Waals surface area contributed by atoms with Gasteiger partial charge in [0.25, 0.3) is 5.60 Å². The van der Waals surface area contributed by atoms with Crippen molar-refractivity contribution in [2.24, 2.45) is 5.16 Å². The quantitative estimate of drug-likeness (QED) is 0.568. The van der Waals surface area contributed by atoms with Gasteiger partial charge in [-0.1, -0.05) is 34.4 Å². The van der Waals surface area contributed by atoms with Crippen molar-refractivity contribution in [3.8, 4) is 0 Å².